The van der Waals surface area contributed by atoms with Crippen molar-refractivity contribution < 1.29 is 64.0 Å². The maximum absolute atomic E-state index is 8.38. The maximum atomic E-state index is 8.38. The summed E-state index contributed by atoms with van der Waals surface area (Å²) in [5, 5.41) is 0. The molecule has 0 N–H and O–H groups in total. The van der Waals surface area contributed by atoms with Gasteiger partial charge in [0.05, 0.1) is 0 Å². The predicted molar refractivity (Wildman–Crippen MR) is 1.37 cm³/mol. The van der Waals surface area contributed by atoms with Gasteiger partial charge in [0, 0.05) is 22.4 Å². The van der Waals surface area contributed by atoms with Gasteiger partial charge in [0.15, 0.2) is 0 Å². The summed E-state index contributed by atoms with van der Waals surface area (Å²) in [6.45, 7) is 0. The summed E-state index contributed by atoms with van der Waals surface area (Å²) in [5.74, 6) is 0. The Kier molecular flexibility index (Phi) is 161. The molecule has 0 bridgehead atoms. The molecule has 5 heavy (non-hydrogen) atoms. The van der Waals surface area contributed by atoms with Crippen molar-refractivity contribution in [1.82, 2.24) is 0 Å². The molecule has 0 fully saturated rings. The van der Waals surface area contributed by atoms with E-state index >= 15 is 0 Å². The fourth-order valence-corrected chi connectivity index (χ4v) is 0. The second-order valence-corrected chi connectivity index (χ2v) is 0. The SMILES string of the molecule is [Ag].[O]=[Cu].[O]=[Zn]. The Morgan fingerprint density at radius 3 is 1.20 bits per heavy atom. The van der Waals surface area contributed by atoms with Crippen LogP contribution < -0.4 is 0 Å². The minimum absolute atomic E-state index is 0. The summed E-state index contributed by atoms with van der Waals surface area (Å²) in [5.41, 5.74) is 0. The van der Waals surface area contributed by atoms with Crippen molar-refractivity contribution in [2.45, 2.75) is 0 Å². The molecule has 0 aromatic carbocycles. The zero-order valence-electron chi connectivity index (χ0n) is 2.13. The molecule has 2 nitrogen and oxygen atoms in total. The van der Waals surface area contributed by atoms with Crippen molar-refractivity contribution in [1.29, 1.82) is 0 Å². The monoisotopic (exact) mass is 266 g/mol. The molecule has 0 aliphatic heterocycles. The van der Waals surface area contributed by atoms with Crippen LogP contribution in [0.4, 0.5) is 0 Å². The molecule has 0 spiro atoms. The van der Waals surface area contributed by atoms with Crippen LogP contribution in [0.5, 0.6) is 0 Å². The van der Waals surface area contributed by atoms with Gasteiger partial charge in [-0.15, -0.1) is 0 Å². The van der Waals surface area contributed by atoms with Crippen molar-refractivity contribution in [2.75, 3.05) is 0 Å². The van der Waals surface area contributed by atoms with E-state index in [1.165, 1.54) is 0 Å². The molecule has 0 saturated carbocycles. The molecule has 1 radical (unpaired) electrons. The quantitative estimate of drug-likeness (QED) is 0.568. The van der Waals surface area contributed by atoms with E-state index in [4.69, 9.17) is 7.41 Å². The van der Waals surface area contributed by atoms with Crippen molar-refractivity contribution >= 4 is 0 Å². The Balaban J connectivity index is -0.0000000133. The summed E-state index contributed by atoms with van der Waals surface area (Å²) in [7, 11) is 0. The standard InChI is InChI=1S/Ag.Cu.2O.Zn. The Bertz CT molecular complexity index is 11.6. The van der Waals surface area contributed by atoms with Crippen LogP contribution in [0.25, 0.3) is 0 Å². The van der Waals surface area contributed by atoms with Gasteiger partial charge in [-0.1, -0.05) is 0 Å². The van der Waals surface area contributed by atoms with Crippen molar-refractivity contribution in [3.05, 3.63) is 0 Å². The number of rotatable bonds is 0. The Morgan fingerprint density at radius 2 is 1.20 bits per heavy atom. The van der Waals surface area contributed by atoms with E-state index < -0.39 is 0 Å². The molecule has 0 aliphatic carbocycles. The molecule has 0 saturated heterocycles. The van der Waals surface area contributed by atoms with Crippen LogP contribution in [0, 0.1) is 0 Å². The van der Waals surface area contributed by atoms with Gasteiger partial charge < -0.3 is 0 Å². The molecule has 0 unspecified atom stereocenters. The van der Waals surface area contributed by atoms with Gasteiger partial charge in [0.2, 0.25) is 0 Å². The van der Waals surface area contributed by atoms with Gasteiger partial charge in [-0.2, -0.15) is 0 Å². The fourth-order valence-electron chi connectivity index (χ4n) is 0. The van der Waals surface area contributed by atoms with Gasteiger partial charge >= 0.3 is 41.6 Å². The molecular formula is AgCuO2Zn. The first-order valence-electron chi connectivity index (χ1n) is 0.412. The summed E-state index contributed by atoms with van der Waals surface area (Å²) >= 11 is 3.06. The molecule has 0 aromatic rings. The van der Waals surface area contributed by atoms with E-state index in [1.807, 2.05) is 0 Å². The molecule has 0 amide bonds. The van der Waals surface area contributed by atoms with E-state index in [1.54, 1.807) is 0 Å². The van der Waals surface area contributed by atoms with E-state index in [-0.39, 0.29) is 40.6 Å². The first-order chi connectivity index (χ1) is 2.00. The zero-order chi connectivity index (χ0) is 4.00. The van der Waals surface area contributed by atoms with E-state index in [0.29, 0.717) is 0 Å². The molecular weight excluding hydrogens is 269 g/mol. The first kappa shape index (κ1) is 16.1. The van der Waals surface area contributed by atoms with Crippen molar-refractivity contribution in [2.24, 2.45) is 0 Å². The molecule has 0 atom stereocenters. The third-order valence-corrected chi connectivity index (χ3v) is 0. The second kappa shape index (κ2) is 50.1. The minimum atomic E-state index is 0. The van der Waals surface area contributed by atoms with Crippen LogP contribution >= 0.6 is 0 Å². The summed E-state index contributed by atoms with van der Waals surface area (Å²) < 4.78 is 16.2. The third kappa shape index (κ3) is 30.2. The van der Waals surface area contributed by atoms with Gasteiger partial charge in [0.1, 0.15) is 0 Å². The Morgan fingerprint density at radius 1 is 1.20 bits per heavy atom. The van der Waals surface area contributed by atoms with Crippen molar-refractivity contribution in [3.63, 3.8) is 0 Å². The van der Waals surface area contributed by atoms with Crippen LogP contribution in [0.15, 0.2) is 0 Å². The van der Waals surface area contributed by atoms with Gasteiger partial charge in [-0.3, -0.25) is 0 Å². The van der Waals surface area contributed by atoms with Crippen LogP contribution in [0.1, 0.15) is 0 Å². The normalized spacial score (nSPS) is 2.40. The van der Waals surface area contributed by atoms with Crippen LogP contribution in [-0.4, -0.2) is 0 Å². The molecule has 36 valence electrons. The van der Waals surface area contributed by atoms with E-state index in [0.717, 1.165) is 0 Å². The van der Waals surface area contributed by atoms with Crippen LogP contribution in [0.3, 0.4) is 0 Å². The summed E-state index contributed by atoms with van der Waals surface area (Å²) in [4.78, 5) is 0. The molecule has 0 heterocycles. The Labute approximate surface area is 63.5 Å². The third-order valence-electron chi connectivity index (χ3n) is 0. The number of hydrogen-bond acceptors (Lipinski definition) is 2. The molecule has 0 aliphatic rings. The second-order valence-electron chi connectivity index (χ2n) is 0. The molecule has 0 aromatic heterocycles. The van der Waals surface area contributed by atoms with Crippen molar-refractivity contribution in [3.8, 4) is 0 Å². The molecule has 0 rings (SSSR count). The fraction of sp³-hybridized carbons (Fsp3) is 0. The summed E-state index contributed by atoms with van der Waals surface area (Å²) in [6.07, 6.45) is 0. The van der Waals surface area contributed by atoms with Crippen LogP contribution in [0.2, 0.25) is 0 Å². The number of hydrogen-bond donors (Lipinski definition) is 0. The molecule has 5 heteroatoms. The average Bonchev–Trinajstić information content (AvgIpc) is 1.50. The topological polar surface area (TPSA) is 34.1 Å². The van der Waals surface area contributed by atoms with Gasteiger partial charge in [0.25, 0.3) is 0 Å². The van der Waals surface area contributed by atoms with E-state index in [9.17, 15) is 0 Å². The average molecular weight is 269 g/mol. The first-order valence-corrected chi connectivity index (χ1v) is 2.01. The zero-order valence-corrected chi connectivity index (χ0v) is 7.52. The van der Waals surface area contributed by atoms with Gasteiger partial charge in [-0.25, -0.2) is 0 Å². The van der Waals surface area contributed by atoms with Gasteiger partial charge in [-0.05, 0) is 0 Å². The summed E-state index contributed by atoms with van der Waals surface area (Å²) in [6, 6.07) is 0. The van der Waals surface area contributed by atoms with Crippen LogP contribution in [-0.2, 0) is 64.0 Å². The Hall–Kier alpha value is 1.48. The van der Waals surface area contributed by atoms with E-state index in [2.05, 4.69) is 15.9 Å². The predicted octanol–water partition coefficient (Wildman–Crippen LogP) is -0.245.